The number of unbranched alkanes of at least 4 members (excludes halogenated alkanes) is 2. The van der Waals surface area contributed by atoms with E-state index in [1.165, 1.54) is 0 Å². The zero-order valence-electron chi connectivity index (χ0n) is 8.45. The number of rotatable bonds is 4. The van der Waals surface area contributed by atoms with Crippen LogP contribution in [0.5, 0.6) is 0 Å². The lowest BCUT2D eigenvalue weighted by Crippen LogP contribution is -2.19. The summed E-state index contributed by atoms with van der Waals surface area (Å²) in [4.78, 5) is 22.0. The maximum Gasteiger partial charge on any atom is 0.309 e. The van der Waals surface area contributed by atoms with Gasteiger partial charge in [0.05, 0.1) is 12.8 Å². The molecule has 14 heavy (non-hydrogen) atoms. The SMILES string of the molecule is CCCCCC1OC(=O)CCC(=O)O1. The van der Waals surface area contributed by atoms with Gasteiger partial charge < -0.3 is 9.47 Å². The Balaban J connectivity index is 2.33. The van der Waals surface area contributed by atoms with Crippen LogP contribution < -0.4 is 0 Å². The zero-order valence-corrected chi connectivity index (χ0v) is 8.45. The molecule has 4 nitrogen and oxygen atoms in total. The summed E-state index contributed by atoms with van der Waals surface area (Å²) in [5, 5.41) is 0. The maximum absolute atomic E-state index is 11.0. The van der Waals surface area contributed by atoms with Gasteiger partial charge in [0.25, 0.3) is 0 Å². The Morgan fingerprint density at radius 2 is 1.71 bits per heavy atom. The number of carbonyl (C=O) groups excluding carboxylic acids is 2. The Morgan fingerprint density at radius 1 is 1.14 bits per heavy atom. The quantitative estimate of drug-likeness (QED) is 0.512. The van der Waals surface area contributed by atoms with Crippen LogP contribution in [0.1, 0.15) is 45.4 Å². The summed E-state index contributed by atoms with van der Waals surface area (Å²) in [7, 11) is 0. The lowest BCUT2D eigenvalue weighted by molar-refractivity contribution is -0.181. The average Bonchev–Trinajstić information content (AvgIpc) is 2.29. The maximum atomic E-state index is 11.0. The molecule has 0 bridgehead atoms. The lowest BCUT2D eigenvalue weighted by Gasteiger charge is -2.14. The molecule has 0 N–H and O–H groups in total. The molecule has 1 saturated heterocycles. The number of ether oxygens (including phenoxy) is 2. The van der Waals surface area contributed by atoms with Gasteiger partial charge in [0, 0.05) is 6.42 Å². The molecule has 0 aliphatic carbocycles. The van der Waals surface area contributed by atoms with Gasteiger partial charge in [-0.3, -0.25) is 9.59 Å². The molecule has 0 unspecified atom stereocenters. The lowest BCUT2D eigenvalue weighted by atomic mass is 10.2. The second-order valence-corrected chi connectivity index (χ2v) is 3.41. The highest BCUT2D eigenvalue weighted by Gasteiger charge is 2.23. The Labute approximate surface area is 83.6 Å². The van der Waals surface area contributed by atoms with E-state index in [1.807, 2.05) is 0 Å². The first-order chi connectivity index (χ1) is 6.72. The fourth-order valence-corrected chi connectivity index (χ4v) is 1.32. The van der Waals surface area contributed by atoms with Crippen molar-refractivity contribution in [2.45, 2.75) is 51.7 Å². The Hall–Kier alpha value is -1.06. The number of esters is 2. The molecule has 0 spiro atoms. The van der Waals surface area contributed by atoms with Gasteiger partial charge >= 0.3 is 11.9 Å². The number of hydrogen-bond acceptors (Lipinski definition) is 4. The predicted molar refractivity (Wildman–Crippen MR) is 49.3 cm³/mol. The molecule has 0 amide bonds. The summed E-state index contributed by atoms with van der Waals surface area (Å²) in [5.74, 6) is -0.672. The second kappa shape index (κ2) is 5.62. The van der Waals surface area contributed by atoms with Crippen LogP contribution in [-0.4, -0.2) is 18.2 Å². The number of hydrogen-bond donors (Lipinski definition) is 0. The Kier molecular flexibility index (Phi) is 4.43. The molecule has 1 heterocycles. The highest BCUT2D eigenvalue weighted by Crippen LogP contribution is 2.14. The number of cyclic esters (lactones) is 2. The third-order valence-electron chi connectivity index (χ3n) is 2.10. The van der Waals surface area contributed by atoms with Gasteiger partial charge in [-0.1, -0.05) is 19.8 Å². The molecular formula is C10H16O4. The van der Waals surface area contributed by atoms with Crippen LogP contribution in [0.3, 0.4) is 0 Å². The summed E-state index contributed by atoms with van der Waals surface area (Å²) >= 11 is 0. The van der Waals surface area contributed by atoms with Crippen molar-refractivity contribution in [1.29, 1.82) is 0 Å². The van der Waals surface area contributed by atoms with Gasteiger partial charge in [0.1, 0.15) is 0 Å². The van der Waals surface area contributed by atoms with Crippen LogP contribution in [0.4, 0.5) is 0 Å². The van der Waals surface area contributed by atoms with Crippen LogP contribution in [-0.2, 0) is 19.1 Å². The third kappa shape index (κ3) is 3.77. The summed E-state index contributed by atoms with van der Waals surface area (Å²) in [6, 6.07) is 0. The molecule has 4 heteroatoms. The molecular weight excluding hydrogens is 184 g/mol. The van der Waals surface area contributed by atoms with E-state index in [-0.39, 0.29) is 24.8 Å². The first-order valence-electron chi connectivity index (χ1n) is 5.11. The molecule has 1 aliphatic rings. The average molecular weight is 200 g/mol. The smallest absolute Gasteiger partial charge is 0.309 e. The molecule has 0 aromatic rings. The Bertz CT molecular complexity index is 194. The van der Waals surface area contributed by atoms with Crippen LogP contribution in [0, 0.1) is 0 Å². The van der Waals surface area contributed by atoms with E-state index in [0.29, 0.717) is 6.42 Å². The van der Waals surface area contributed by atoms with Gasteiger partial charge in [0.15, 0.2) is 0 Å². The van der Waals surface area contributed by atoms with Crippen molar-refractivity contribution >= 4 is 11.9 Å². The van der Waals surface area contributed by atoms with Gasteiger partial charge in [-0.2, -0.15) is 0 Å². The largest absolute Gasteiger partial charge is 0.425 e. The van der Waals surface area contributed by atoms with Crippen molar-refractivity contribution in [1.82, 2.24) is 0 Å². The normalized spacial score (nSPS) is 18.6. The molecule has 0 radical (unpaired) electrons. The molecule has 1 rings (SSSR count). The predicted octanol–water partition coefficient (Wildman–Crippen LogP) is 1.77. The molecule has 0 aromatic heterocycles. The van der Waals surface area contributed by atoms with Crippen LogP contribution in [0.2, 0.25) is 0 Å². The standard InChI is InChI=1S/C10H16O4/c1-2-3-4-5-10-13-8(11)6-7-9(12)14-10/h10H,2-7H2,1H3. The van der Waals surface area contributed by atoms with Crippen LogP contribution in [0.25, 0.3) is 0 Å². The van der Waals surface area contributed by atoms with Crippen molar-refractivity contribution in [3.8, 4) is 0 Å². The van der Waals surface area contributed by atoms with Crippen molar-refractivity contribution in [2.24, 2.45) is 0 Å². The molecule has 0 atom stereocenters. The number of carbonyl (C=O) groups is 2. The highest BCUT2D eigenvalue weighted by molar-refractivity contribution is 5.79. The minimum atomic E-state index is -0.649. The van der Waals surface area contributed by atoms with Crippen molar-refractivity contribution in [3.63, 3.8) is 0 Å². The summed E-state index contributed by atoms with van der Waals surface area (Å²) < 4.78 is 9.89. The topological polar surface area (TPSA) is 52.6 Å². The van der Waals surface area contributed by atoms with Crippen molar-refractivity contribution in [3.05, 3.63) is 0 Å². The van der Waals surface area contributed by atoms with E-state index in [9.17, 15) is 9.59 Å². The van der Waals surface area contributed by atoms with E-state index >= 15 is 0 Å². The molecule has 0 aromatic carbocycles. The van der Waals surface area contributed by atoms with Crippen molar-refractivity contribution < 1.29 is 19.1 Å². The van der Waals surface area contributed by atoms with Crippen molar-refractivity contribution in [2.75, 3.05) is 0 Å². The molecule has 80 valence electrons. The van der Waals surface area contributed by atoms with E-state index in [0.717, 1.165) is 19.3 Å². The van der Waals surface area contributed by atoms with Crippen LogP contribution >= 0.6 is 0 Å². The zero-order chi connectivity index (χ0) is 10.4. The third-order valence-corrected chi connectivity index (χ3v) is 2.10. The van der Waals surface area contributed by atoms with Gasteiger partial charge in [-0.05, 0) is 6.42 Å². The monoisotopic (exact) mass is 200 g/mol. The summed E-state index contributed by atoms with van der Waals surface area (Å²) in [6.45, 7) is 2.09. The van der Waals surface area contributed by atoms with Crippen LogP contribution in [0.15, 0.2) is 0 Å². The van der Waals surface area contributed by atoms with E-state index < -0.39 is 6.29 Å². The first kappa shape index (κ1) is 11.0. The molecule has 0 saturated carbocycles. The fraction of sp³-hybridized carbons (Fsp3) is 0.800. The van der Waals surface area contributed by atoms with Gasteiger partial charge in [-0.15, -0.1) is 0 Å². The fourth-order valence-electron chi connectivity index (χ4n) is 1.32. The molecule has 1 fully saturated rings. The molecule has 1 aliphatic heterocycles. The minimum absolute atomic E-state index is 0.142. The highest BCUT2D eigenvalue weighted by atomic mass is 16.7. The van der Waals surface area contributed by atoms with Gasteiger partial charge in [-0.25, -0.2) is 0 Å². The van der Waals surface area contributed by atoms with E-state index in [2.05, 4.69) is 6.92 Å². The van der Waals surface area contributed by atoms with Gasteiger partial charge in [0.2, 0.25) is 6.29 Å². The van der Waals surface area contributed by atoms with E-state index in [4.69, 9.17) is 9.47 Å². The Morgan fingerprint density at radius 3 is 2.21 bits per heavy atom. The second-order valence-electron chi connectivity index (χ2n) is 3.41. The first-order valence-corrected chi connectivity index (χ1v) is 5.11. The van der Waals surface area contributed by atoms with E-state index in [1.54, 1.807) is 0 Å². The summed E-state index contributed by atoms with van der Waals surface area (Å²) in [5.41, 5.74) is 0. The minimum Gasteiger partial charge on any atom is -0.425 e. The summed E-state index contributed by atoms with van der Waals surface area (Å²) in [6.07, 6.45) is 3.32.